The van der Waals surface area contributed by atoms with Gasteiger partial charge in [-0.05, 0) is 66.7 Å². The van der Waals surface area contributed by atoms with Gasteiger partial charge in [-0.1, -0.05) is 48.5 Å². The highest BCUT2D eigenvalue weighted by molar-refractivity contribution is 6.09. The molecule has 10 rings (SSSR count). The van der Waals surface area contributed by atoms with Crippen LogP contribution < -0.4 is 18.9 Å². The zero-order valence-corrected chi connectivity index (χ0v) is 28.9. The maximum atomic E-state index is 6.38. The van der Waals surface area contributed by atoms with E-state index < -0.39 is 0 Å². The van der Waals surface area contributed by atoms with E-state index in [1.165, 1.54) is 0 Å². The summed E-state index contributed by atoms with van der Waals surface area (Å²) in [7, 11) is 0. The number of hydrogen-bond acceptors (Lipinski definition) is 10. The number of para-hydroxylation sites is 2. The second-order valence-electron chi connectivity index (χ2n) is 12.5. The molecule has 0 fully saturated rings. The molecule has 262 valence electrons. The molecule has 4 heterocycles. The molecule has 10 aromatic rings. The molecule has 0 spiro atoms. The smallest absolute Gasteiger partial charge is 0.322 e. The van der Waals surface area contributed by atoms with E-state index >= 15 is 0 Å². The molecule has 0 aliphatic heterocycles. The van der Waals surface area contributed by atoms with Crippen molar-refractivity contribution in [2.45, 2.75) is 0 Å². The van der Waals surface area contributed by atoms with Crippen molar-refractivity contribution < 1.29 is 18.9 Å². The fraction of sp³-hybridized carbons (Fsp3) is 0. The van der Waals surface area contributed by atoms with E-state index in [1.54, 1.807) is 43.0 Å². The molecule has 0 saturated carbocycles. The van der Waals surface area contributed by atoms with Gasteiger partial charge in [0.15, 0.2) is 0 Å². The van der Waals surface area contributed by atoms with E-state index in [0.29, 0.717) is 40.4 Å². The fourth-order valence-corrected chi connectivity index (χ4v) is 6.42. The average molecular weight is 718 g/mol. The Bertz CT molecular complexity index is 2840. The highest BCUT2D eigenvalue weighted by Gasteiger charge is 2.17. The molecule has 0 amide bonds. The van der Waals surface area contributed by atoms with Crippen LogP contribution in [0.15, 0.2) is 164 Å². The van der Waals surface area contributed by atoms with Crippen LogP contribution in [0.3, 0.4) is 0 Å². The Balaban J connectivity index is 0.947. The monoisotopic (exact) mass is 717 g/mol. The van der Waals surface area contributed by atoms with Crippen LogP contribution in [0.2, 0.25) is 0 Å². The quantitative estimate of drug-likeness (QED) is 0.143. The van der Waals surface area contributed by atoms with E-state index in [0.717, 1.165) is 43.6 Å². The van der Waals surface area contributed by atoms with Crippen molar-refractivity contribution in [3.8, 4) is 52.5 Å². The lowest BCUT2D eigenvalue weighted by Crippen LogP contribution is -2.00. The molecule has 55 heavy (non-hydrogen) atoms. The number of benzene rings is 6. The predicted octanol–water partition coefficient (Wildman–Crippen LogP) is 10.6. The highest BCUT2D eigenvalue weighted by Crippen LogP contribution is 2.38. The summed E-state index contributed by atoms with van der Waals surface area (Å²) in [6.45, 7) is 0. The summed E-state index contributed by atoms with van der Waals surface area (Å²) >= 11 is 0. The molecule has 0 unspecified atom stereocenters. The normalized spacial score (nSPS) is 11.3. The van der Waals surface area contributed by atoms with Gasteiger partial charge in [-0.15, -0.1) is 0 Å². The lowest BCUT2D eigenvalue weighted by Gasteiger charge is -2.10. The van der Waals surface area contributed by atoms with Gasteiger partial charge >= 0.3 is 12.0 Å². The van der Waals surface area contributed by atoms with E-state index in [4.69, 9.17) is 18.9 Å². The third kappa shape index (κ3) is 6.42. The van der Waals surface area contributed by atoms with Crippen LogP contribution in [0.25, 0.3) is 49.6 Å². The highest BCUT2D eigenvalue weighted by atomic mass is 16.5. The molecule has 0 saturated heterocycles. The summed E-state index contributed by atoms with van der Waals surface area (Å²) in [5.74, 6) is 4.02. The largest absolute Gasteiger partial charge is 0.457 e. The summed E-state index contributed by atoms with van der Waals surface area (Å²) in [6.07, 6.45) is 6.93. The van der Waals surface area contributed by atoms with Gasteiger partial charge in [0.05, 0.1) is 22.1 Å². The summed E-state index contributed by atoms with van der Waals surface area (Å²) in [6, 6.07) is 44.4. The van der Waals surface area contributed by atoms with Crippen LogP contribution in [-0.4, -0.2) is 34.5 Å². The van der Waals surface area contributed by atoms with Crippen molar-refractivity contribution in [3.05, 3.63) is 164 Å². The molecule has 4 aromatic heterocycles. The second kappa shape index (κ2) is 13.6. The summed E-state index contributed by atoms with van der Waals surface area (Å²) in [5.41, 5.74) is 3.32. The molecule has 6 aromatic carbocycles. The fourth-order valence-electron chi connectivity index (χ4n) is 6.42. The summed E-state index contributed by atoms with van der Waals surface area (Å²) < 4.78 is 26.8. The SMILES string of the molecule is c1cnc(-n2c3cc(Oc4cccc(Oc5ncc6ccccc6n5)c4)ccc3c3ccc(Oc4cccc(Oc5ncc6ccccc6n5)c4)cc32)nc1. The Hall–Kier alpha value is -7.92. The van der Waals surface area contributed by atoms with Gasteiger partial charge in [-0.25, -0.2) is 19.9 Å². The van der Waals surface area contributed by atoms with Gasteiger partial charge in [0, 0.05) is 70.6 Å². The standard InChI is InChI=1S/C44H27N7O4/c1-3-14-38-28(8-1)26-47-43(49-38)54-32-12-5-10-30(22-32)52-34-16-18-36-37-19-17-35(25-41(37)51(40(36)24-34)42-45-20-7-21-46-42)53-31-11-6-13-33(23-31)55-44-48-27-29-9-2-4-15-39(29)50-44/h1-27H. The van der Waals surface area contributed by atoms with Crippen molar-refractivity contribution in [2.75, 3.05) is 0 Å². The topological polar surface area (TPSA) is 119 Å². The number of aromatic nitrogens is 7. The first-order valence-corrected chi connectivity index (χ1v) is 17.4. The van der Waals surface area contributed by atoms with E-state index in [-0.39, 0.29) is 12.0 Å². The minimum Gasteiger partial charge on any atom is -0.457 e. The molecule has 0 aliphatic carbocycles. The Labute approximate surface area is 313 Å². The Morgan fingerprint density at radius 1 is 0.382 bits per heavy atom. The Kier molecular flexibility index (Phi) is 7.84. The van der Waals surface area contributed by atoms with Crippen molar-refractivity contribution in [2.24, 2.45) is 0 Å². The van der Waals surface area contributed by atoms with Gasteiger partial charge in [0.2, 0.25) is 5.95 Å². The molecule has 11 heteroatoms. The lowest BCUT2D eigenvalue weighted by molar-refractivity contribution is 0.435. The maximum Gasteiger partial charge on any atom is 0.322 e. The zero-order valence-electron chi connectivity index (χ0n) is 28.9. The molecular formula is C44H27N7O4. The molecule has 0 aliphatic rings. The van der Waals surface area contributed by atoms with Gasteiger partial charge < -0.3 is 18.9 Å². The molecule has 0 bridgehead atoms. The number of rotatable bonds is 9. The lowest BCUT2D eigenvalue weighted by atomic mass is 10.1. The van der Waals surface area contributed by atoms with Crippen LogP contribution in [-0.2, 0) is 0 Å². The Morgan fingerprint density at radius 3 is 1.35 bits per heavy atom. The van der Waals surface area contributed by atoms with Crippen LogP contribution in [0.1, 0.15) is 0 Å². The second-order valence-corrected chi connectivity index (χ2v) is 12.5. The third-order valence-corrected chi connectivity index (χ3v) is 8.90. The van der Waals surface area contributed by atoms with Crippen molar-refractivity contribution in [1.82, 2.24) is 34.5 Å². The maximum absolute atomic E-state index is 6.38. The van der Waals surface area contributed by atoms with Crippen LogP contribution in [0, 0.1) is 0 Å². The molecule has 0 N–H and O–H groups in total. The predicted molar refractivity (Wildman–Crippen MR) is 209 cm³/mol. The minimum atomic E-state index is 0.254. The molecular weight excluding hydrogens is 691 g/mol. The number of hydrogen-bond donors (Lipinski definition) is 0. The number of nitrogens with zero attached hydrogens (tertiary/aromatic N) is 7. The summed E-state index contributed by atoms with van der Waals surface area (Å²) in [4.78, 5) is 27.0. The molecule has 11 nitrogen and oxygen atoms in total. The first-order valence-electron chi connectivity index (χ1n) is 17.4. The first-order chi connectivity index (χ1) is 27.2. The molecule has 0 atom stereocenters. The van der Waals surface area contributed by atoms with E-state index in [9.17, 15) is 0 Å². The van der Waals surface area contributed by atoms with Crippen LogP contribution in [0.4, 0.5) is 0 Å². The molecule has 0 radical (unpaired) electrons. The van der Waals surface area contributed by atoms with Crippen molar-refractivity contribution in [1.29, 1.82) is 0 Å². The Morgan fingerprint density at radius 2 is 0.836 bits per heavy atom. The van der Waals surface area contributed by atoms with Gasteiger partial charge in [0.1, 0.15) is 34.5 Å². The number of ether oxygens (including phenoxy) is 4. The average Bonchev–Trinajstić information content (AvgIpc) is 3.54. The summed E-state index contributed by atoms with van der Waals surface area (Å²) in [5, 5.41) is 3.87. The van der Waals surface area contributed by atoms with Gasteiger partial charge in [-0.2, -0.15) is 9.97 Å². The van der Waals surface area contributed by atoms with Crippen molar-refractivity contribution in [3.63, 3.8) is 0 Å². The van der Waals surface area contributed by atoms with Gasteiger partial charge in [0.25, 0.3) is 0 Å². The van der Waals surface area contributed by atoms with E-state index in [2.05, 4.69) is 29.9 Å². The van der Waals surface area contributed by atoms with Crippen LogP contribution in [0.5, 0.6) is 46.5 Å². The van der Waals surface area contributed by atoms with Crippen molar-refractivity contribution >= 4 is 43.6 Å². The number of fused-ring (bicyclic) bond motifs is 5. The van der Waals surface area contributed by atoms with Gasteiger partial charge in [-0.3, -0.25) is 4.57 Å². The van der Waals surface area contributed by atoms with E-state index in [1.807, 2.05) is 126 Å². The third-order valence-electron chi connectivity index (χ3n) is 8.90. The zero-order chi connectivity index (χ0) is 36.6. The first kappa shape index (κ1) is 31.8. The minimum absolute atomic E-state index is 0.254. The van der Waals surface area contributed by atoms with Crippen LogP contribution >= 0.6 is 0 Å².